The number of rotatable bonds is 3. The highest BCUT2D eigenvalue weighted by atomic mass is 16.6. The Morgan fingerprint density at radius 2 is 2.36 bits per heavy atom. The number of carbonyl (C=O) groups is 1. The van der Waals surface area contributed by atoms with Crippen molar-refractivity contribution in [1.29, 1.82) is 0 Å². The Labute approximate surface area is 65.5 Å². The van der Waals surface area contributed by atoms with E-state index in [1.165, 1.54) is 0 Å². The second-order valence-corrected chi connectivity index (χ2v) is 2.87. The zero-order chi connectivity index (χ0) is 8.27. The molecule has 2 N–H and O–H groups in total. The summed E-state index contributed by atoms with van der Waals surface area (Å²) in [5.41, 5.74) is 2.77. The minimum absolute atomic E-state index is 0.178. The SMILES string of the molecule is CONC1CCC(C(=O)O)C1. The third-order valence-electron chi connectivity index (χ3n) is 2.07. The minimum Gasteiger partial charge on any atom is -0.481 e. The van der Waals surface area contributed by atoms with E-state index in [2.05, 4.69) is 5.48 Å². The van der Waals surface area contributed by atoms with E-state index in [1.54, 1.807) is 7.11 Å². The molecule has 2 unspecified atom stereocenters. The molecule has 1 aliphatic carbocycles. The van der Waals surface area contributed by atoms with Crippen LogP contribution in [0.15, 0.2) is 0 Å². The van der Waals surface area contributed by atoms with Crippen molar-refractivity contribution in [2.45, 2.75) is 25.3 Å². The summed E-state index contributed by atoms with van der Waals surface area (Å²) in [5, 5.41) is 8.63. The molecule has 1 rings (SSSR count). The van der Waals surface area contributed by atoms with Crippen LogP contribution in [-0.4, -0.2) is 24.2 Å². The predicted octanol–water partition coefficient (Wildman–Crippen LogP) is 0.391. The van der Waals surface area contributed by atoms with Crippen molar-refractivity contribution in [3.8, 4) is 0 Å². The lowest BCUT2D eigenvalue weighted by Gasteiger charge is -2.08. The van der Waals surface area contributed by atoms with Crippen molar-refractivity contribution in [2.24, 2.45) is 5.92 Å². The highest BCUT2D eigenvalue weighted by Crippen LogP contribution is 2.25. The van der Waals surface area contributed by atoms with E-state index in [0.717, 1.165) is 12.8 Å². The topological polar surface area (TPSA) is 58.6 Å². The van der Waals surface area contributed by atoms with E-state index in [-0.39, 0.29) is 12.0 Å². The Morgan fingerprint density at radius 3 is 2.82 bits per heavy atom. The summed E-state index contributed by atoms with van der Waals surface area (Å²) in [6.45, 7) is 0. The second kappa shape index (κ2) is 3.69. The van der Waals surface area contributed by atoms with Gasteiger partial charge in [-0.1, -0.05) is 0 Å². The van der Waals surface area contributed by atoms with Crippen LogP contribution in [0.1, 0.15) is 19.3 Å². The number of carboxylic acids is 1. The monoisotopic (exact) mass is 159 g/mol. The first-order valence-electron chi connectivity index (χ1n) is 3.75. The fourth-order valence-electron chi connectivity index (χ4n) is 1.48. The normalized spacial score (nSPS) is 30.6. The van der Waals surface area contributed by atoms with Crippen LogP contribution in [0.4, 0.5) is 0 Å². The molecular formula is C7H13NO3. The van der Waals surface area contributed by atoms with Crippen molar-refractivity contribution >= 4 is 5.97 Å². The first-order valence-corrected chi connectivity index (χ1v) is 3.75. The summed E-state index contributed by atoms with van der Waals surface area (Å²) in [4.78, 5) is 15.2. The summed E-state index contributed by atoms with van der Waals surface area (Å²) in [5.74, 6) is -0.868. The molecule has 2 atom stereocenters. The van der Waals surface area contributed by atoms with Crippen molar-refractivity contribution in [3.63, 3.8) is 0 Å². The quantitative estimate of drug-likeness (QED) is 0.585. The van der Waals surface area contributed by atoms with Crippen molar-refractivity contribution < 1.29 is 14.7 Å². The smallest absolute Gasteiger partial charge is 0.306 e. The van der Waals surface area contributed by atoms with Crippen LogP contribution in [0.3, 0.4) is 0 Å². The average Bonchev–Trinajstić information content (AvgIpc) is 2.37. The van der Waals surface area contributed by atoms with Crippen LogP contribution in [0.25, 0.3) is 0 Å². The van der Waals surface area contributed by atoms with Gasteiger partial charge in [-0.25, -0.2) is 0 Å². The zero-order valence-corrected chi connectivity index (χ0v) is 6.54. The van der Waals surface area contributed by atoms with Gasteiger partial charge in [0.25, 0.3) is 0 Å². The maximum Gasteiger partial charge on any atom is 0.306 e. The first-order chi connectivity index (χ1) is 5.24. The van der Waals surface area contributed by atoms with Gasteiger partial charge in [0.2, 0.25) is 0 Å². The molecule has 1 saturated carbocycles. The van der Waals surface area contributed by atoms with Gasteiger partial charge in [0.05, 0.1) is 13.0 Å². The lowest BCUT2D eigenvalue weighted by atomic mass is 10.1. The summed E-state index contributed by atoms with van der Waals surface area (Å²) in [7, 11) is 1.55. The largest absolute Gasteiger partial charge is 0.481 e. The van der Waals surface area contributed by atoms with Crippen molar-refractivity contribution in [1.82, 2.24) is 5.48 Å². The standard InChI is InChI=1S/C7H13NO3/c1-11-8-6-3-2-5(4-6)7(9)10/h5-6,8H,2-4H2,1H3,(H,9,10). The van der Waals surface area contributed by atoms with E-state index in [1.807, 2.05) is 0 Å². The number of hydrogen-bond donors (Lipinski definition) is 2. The predicted molar refractivity (Wildman–Crippen MR) is 38.9 cm³/mol. The van der Waals surface area contributed by atoms with Crippen LogP contribution in [0.5, 0.6) is 0 Å². The van der Waals surface area contributed by atoms with Crippen molar-refractivity contribution in [2.75, 3.05) is 7.11 Å². The van der Waals surface area contributed by atoms with Crippen LogP contribution in [-0.2, 0) is 9.63 Å². The van der Waals surface area contributed by atoms with Gasteiger partial charge >= 0.3 is 5.97 Å². The average molecular weight is 159 g/mol. The van der Waals surface area contributed by atoms with E-state index in [0.29, 0.717) is 6.42 Å². The molecule has 4 heteroatoms. The Morgan fingerprint density at radius 1 is 1.64 bits per heavy atom. The first kappa shape index (κ1) is 8.49. The lowest BCUT2D eigenvalue weighted by molar-refractivity contribution is -0.141. The number of hydrogen-bond acceptors (Lipinski definition) is 3. The summed E-state index contributed by atoms with van der Waals surface area (Å²) in [6.07, 6.45) is 2.34. The molecule has 0 aliphatic heterocycles. The Hall–Kier alpha value is -0.610. The van der Waals surface area contributed by atoms with Gasteiger partial charge in [-0.2, -0.15) is 5.48 Å². The maximum atomic E-state index is 10.5. The molecule has 0 saturated heterocycles. The molecule has 0 aromatic carbocycles. The third kappa shape index (κ3) is 2.17. The molecule has 1 fully saturated rings. The zero-order valence-electron chi connectivity index (χ0n) is 6.54. The summed E-state index contributed by atoms with van der Waals surface area (Å²) < 4.78 is 0. The van der Waals surface area contributed by atoms with Gasteiger partial charge in [-0.05, 0) is 19.3 Å². The molecule has 4 nitrogen and oxygen atoms in total. The molecule has 11 heavy (non-hydrogen) atoms. The van der Waals surface area contributed by atoms with Gasteiger partial charge in [-0.15, -0.1) is 0 Å². The van der Waals surface area contributed by atoms with E-state index < -0.39 is 5.97 Å². The van der Waals surface area contributed by atoms with Gasteiger partial charge < -0.3 is 9.94 Å². The van der Waals surface area contributed by atoms with Crippen LogP contribution >= 0.6 is 0 Å². The molecule has 64 valence electrons. The number of nitrogens with one attached hydrogen (secondary N) is 1. The van der Waals surface area contributed by atoms with Crippen LogP contribution < -0.4 is 5.48 Å². The van der Waals surface area contributed by atoms with Crippen LogP contribution in [0.2, 0.25) is 0 Å². The van der Waals surface area contributed by atoms with Gasteiger partial charge in [-0.3, -0.25) is 4.79 Å². The molecule has 0 amide bonds. The molecule has 1 aliphatic rings. The summed E-state index contributed by atoms with van der Waals surface area (Å²) in [6, 6.07) is 0.223. The number of hydroxylamine groups is 1. The van der Waals surface area contributed by atoms with Gasteiger partial charge in [0.1, 0.15) is 0 Å². The maximum absolute atomic E-state index is 10.5. The Bertz CT molecular complexity index is 149. The van der Waals surface area contributed by atoms with E-state index >= 15 is 0 Å². The van der Waals surface area contributed by atoms with Gasteiger partial charge in [0, 0.05) is 6.04 Å². The third-order valence-corrected chi connectivity index (χ3v) is 2.07. The highest BCUT2D eigenvalue weighted by molar-refractivity contribution is 5.70. The molecule has 0 spiro atoms. The molecule has 0 radical (unpaired) electrons. The Balaban J connectivity index is 2.29. The van der Waals surface area contributed by atoms with E-state index in [9.17, 15) is 4.79 Å². The fourth-order valence-corrected chi connectivity index (χ4v) is 1.48. The lowest BCUT2D eigenvalue weighted by Crippen LogP contribution is -2.25. The van der Waals surface area contributed by atoms with Crippen LogP contribution in [0, 0.1) is 5.92 Å². The number of aliphatic carboxylic acids is 1. The second-order valence-electron chi connectivity index (χ2n) is 2.87. The minimum atomic E-state index is -0.689. The van der Waals surface area contributed by atoms with Gasteiger partial charge in [0.15, 0.2) is 0 Å². The molecular weight excluding hydrogens is 146 g/mol. The Kier molecular flexibility index (Phi) is 2.84. The fraction of sp³-hybridized carbons (Fsp3) is 0.857. The molecule has 0 bridgehead atoms. The van der Waals surface area contributed by atoms with E-state index in [4.69, 9.17) is 9.94 Å². The molecule has 0 aromatic rings. The number of carboxylic acid groups (broad SMARTS) is 1. The highest BCUT2D eigenvalue weighted by Gasteiger charge is 2.29. The molecule has 0 heterocycles. The van der Waals surface area contributed by atoms with Crippen molar-refractivity contribution in [3.05, 3.63) is 0 Å². The molecule has 0 aromatic heterocycles. The summed E-state index contributed by atoms with van der Waals surface area (Å²) >= 11 is 0.